The van der Waals surface area contributed by atoms with Crippen molar-refractivity contribution in [3.63, 3.8) is 0 Å². The summed E-state index contributed by atoms with van der Waals surface area (Å²) in [6, 6.07) is 4.84. The molecule has 2 rings (SSSR count). The van der Waals surface area contributed by atoms with E-state index in [4.69, 9.17) is 28.0 Å². The molecule has 0 spiro atoms. The molecule has 0 saturated heterocycles. The van der Waals surface area contributed by atoms with E-state index in [1.54, 1.807) is 18.2 Å². The Labute approximate surface area is 125 Å². The number of carbonyl (C=O) groups is 1. The Balaban J connectivity index is 2.10. The lowest BCUT2D eigenvalue weighted by Gasteiger charge is -2.07. The predicted molar refractivity (Wildman–Crippen MR) is 75.5 cm³/mol. The molecule has 1 heterocycles. The molecule has 1 amide bonds. The molecule has 1 aromatic carbocycles. The topological polar surface area (TPSA) is 84.8 Å². The molecule has 0 bridgehead atoms. The molecule has 1 aliphatic rings. The molecular weight excluding hydrogens is 327 g/mol. The summed E-state index contributed by atoms with van der Waals surface area (Å²) in [7, 11) is -3.63. The normalized spacial score (nSPS) is 18.4. The molecule has 1 unspecified atom stereocenters. The molecule has 1 N–H and O–H groups in total. The van der Waals surface area contributed by atoms with Crippen molar-refractivity contribution in [2.45, 2.75) is 12.5 Å². The Morgan fingerprint density at radius 1 is 1.45 bits per heavy atom. The lowest BCUT2D eigenvalue weighted by Crippen LogP contribution is -2.38. The maximum atomic E-state index is 11.6. The summed E-state index contributed by atoms with van der Waals surface area (Å²) in [5.74, 6) is -0.767. The van der Waals surface area contributed by atoms with Gasteiger partial charge in [-0.25, -0.2) is 13.1 Å². The highest BCUT2D eigenvalue weighted by Crippen LogP contribution is 2.26. The summed E-state index contributed by atoms with van der Waals surface area (Å²) < 4.78 is 23.8. The van der Waals surface area contributed by atoms with E-state index >= 15 is 0 Å². The number of carbonyl (C=O) groups excluding carboxylic acids is 1. The number of hydrogen-bond donors (Lipinski definition) is 1. The third-order valence-electron chi connectivity index (χ3n) is 2.49. The minimum atomic E-state index is -3.63. The van der Waals surface area contributed by atoms with E-state index in [-0.39, 0.29) is 6.42 Å². The van der Waals surface area contributed by atoms with Gasteiger partial charge in [0.25, 0.3) is 5.91 Å². The highest BCUT2D eigenvalue weighted by molar-refractivity contribution is 7.89. The van der Waals surface area contributed by atoms with Crippen LogP contribution in [0.25, 0.3) is 0 Å². The molecule has 1 aliphatic heterocycles. The number of benzene rings is 1. The molecule has 0 saturated carbocycles. The molecule has 0 aromatic heterocycles. The van der Waals surface area contributed by atoms with E-state index in [2.05, 4.69) is 5.16 Å². The fraction of sp³-hybridized carbons (Fsp3) is 0.273. The molecular formula is C11H10Cl2N2O4S. The van der Waals surface area contributed by atoms with E-state index < -0.39 is 22.0 Å². The van der Waals surface area contributed by atoms with Crippen LogP contribution >= 0.6 is 23.2 Å². The zero-order chi connectivity index (χ0) is 14.9. The molecule has 108 valence electrons. The fourth-order valence-electron chi connectivity index (χ4n) is 1.65. The van der Waals surface area contributed by atoms with Crippen LogP contribution in [0.2, 0.25) is 10.0 Å². The third kappa shape index (κ3) is 3.62. The molecule has 0 fully saturated rings. The van der Waals surface area contributed by atoms with Crippen LogP contribution < -0.4 is 4.72 Å². The second-order valence-electron chi connectivity index (χ2n) is 4.20. The largest absolute Gasteiger partial charge is 0.382 e. The van der Waals surface area contributed by atoms with Crippen LogP contribution in [0.4, 0.5) is 0 Å². The summed E-state index contributed by atoms with van der Waals surface area (Å²) in [5, 5.41) is 4.62. The van der Waals surface area contributed by atoms with Crippen molar-refractivity contribution in [2.75, 3.05) is 6.26 Å². The zero-order valence-electron chi connectivity index (χ0n) is 10.3. The fourth-order valence-corrected chi connectivity index (χ4v) is 2.66. The second-order valence-corrected chi connectivity index (χ2v) is 6.79. The number of nitrogens with one attached hydrogen (secondary N) is 1. The number of nitrogens with zero attached hydrogens (tertiary/aromatic N) is 1. The molecule has 1 aromatic rings. The van der Waals surface area contributed by atoms with E-state index in [1.165, 1.54) is 0 Å². The predicted octanol–water partition coefficient (Wildman–Crippen LogP) is 1.56. The molecule has 1 atom stereocenters. The summed E-state index contributed by atoms with van der Waals surface area (Å²) in [6.45, 7) is 0. The van der Waals surface area contributed by atoms with Gasteiger partial charge in [0, 0.05) is 17.0 Å². The van der Waals surface area contributed by atoms with Gasteiger partial charge in [-0.2, -0.15) is 0 Å². The molecule has 0 radical (unpaired) electrons. The zero-order valence-corrected chi connectivity index (χ0v) is 12.6. The van der Waals surface area contributed by atoms with Crippen LogP contribution in [0.1, 0.15) is 12.0 Å². The van der Waals surface area contributed by atoms with Crippen molar-refractivity contribution in [2.24, 2.45) is 5.16 Å². The SMILES string of the molecule is CS(=O)(=O)NC(=O)C1CC(c2ccc(Cl)cc2Cl)=NO1. The maximum absolute atomic E-state index is 11.6. The Kier molecular flexibility index (Phi) is 4.22. The van der Waals surface area contributed by atoms with Gasteiger partial charge in [0.15, 0.2) is 0 Å². The van der Waals surface area contributed by atoms with Gasteiger partial charge in [-0.15, -0.1) is 0 Å². The van der Waals surface area contributed by atoms with E-state index in [9.17, 15) is 13.2 Å². The first-order valence-electron chi connectivity index (χ1n) is 5.46. The number of sulfonamides is 1. The molecule has 9 heteroatoms. The van der Waals surface area contributed by atoms with Crippen LogP contribution in [0.5, 0.6) is 0 Å². The molecule has 0 aliphatic carbocycles. The summed E-state index contributed by atoms with van der Waals surface area (Å²) in [6.07, 6.45) is 0.0203. The first kappa shape index (κ1) is 15.1. The van der Waals surface area contributed by atoms with Gasteiger partial charge in [0.05, 0.1) is 17.0 Å². The Bertz CT molecular complexity index is 688. The smallest absolute Gasteiger partial charge is 0.277 e. The minimum Gasteiger partial charge on any atom is -0.382 e. The summed E-state index contributed by atoms with van der Waals surface area (Å²) >= 11 is 11.8. The van der Waals surface area contributed by atoms with Gasteiger partial charge in [0.2, 0.25) is 16.1 Å². The van der Waals surface area contributed by atoms with Crippen LogP contribution in [0, 0.1) is 0 Å². The third-order valence-corrected chi connectivity index (χ3v) is 3.61. The summed E-state index contributed by atoms with van der Waals surface area (Å²) in [4.78, 5) is 16.6. The molecule has 20 heavy (non-hydrogen) atoms. The number of oxime groups is 1. The Morgan fingerprint density at radius 2 is 2.15 bits per heavy atom. The van der Waals surface area contributed by atoms with Crippen LogP contribution in [0.15, 0.2) is 23.4 Å². The van der Waals surface area contributed by atoms with Crippen LogP contribution in [-0.2, 0) is 19.7 Å². The first-order valence-corrected chi connectivity index (χ1v) is 8.11. The highest BCUT2D eigenvalue weighted by Gasteiger charge is 2.31. The van der Waals surface area contributed by atoms with E-state index in [0.717, 1.165) is 6.26 Å². The lowest BCUT2D eigenvalue weighted by molar-refractivity contribution is -0.129. The molecule has 6 nitrogen and oxygen atoms in total. The number of halogens is 2. The van der Waals surface area contributed by atoms with E-state index in [0.29, 0.717) is 21.3 Å². The van der Waals surface area contributed by atoms with Gasteiger partial charge < -0.3 is 4.84 Å². The van der Waals surface area contributed by atoms with Gasteiger partial charge in [-0.3, -0.25) is 4.79 Å². The van der Waals surface area contributed by atoms with Crippen LogP contribution in [0.3, 0.4) is 0 Å². The van der Waals surface area contributed by atoms with Crippen molar-refractivity contribution in [3.05, 3.63) is 33.8 Å². The van der Waals surface area contributed by atoms with Crippen molar-refractivity contribution < 1.29 is 18.0 Å². The van der Waals surface area contributed by atoms with Gasteiger partial charge in [0.1, 0.15) is 0 Å². The van der Waals surface area contributed by atoms with Gasteiger partial charge in [-0.05, 0) is 12.1 Å². The van der Waals surface area contributed by atoms with Crippen molar-refractivity contribution >= 4 is 44.8 Å². The standard InChI is InChI=1S/C11H10Cl2N2O4S/c1-20(17,18)15-11(16)10-5-9(14-19-10)7-3-2-6(12)4-8(7)13/h2-4,10H,5H2,1H3,(H,15,16). The first-order chi connectivity index (χ1) is 9.26. The highest BCUT2D eigenvalue weighted by atomic mass is 35.5. The van der Waals surface area contributed by atoms with Crippen molar-refractivity contribution in [1.82, 2.24) is 4.72 Å². The van der Waals surface area contributed by atoms with E-state index in [1.807, 2.05) is 4.72 Å². The van der Waals surface area contributed by atoms with Crippen molar-refractivity contribution in [3.8, 4) is 0 Å². The number of rotatable bonds is 3. The summed E-state index contributed by atoms with van der Waals surface area (Å²) in [5.41, 5.74) is 1.05. The monoisotopic (exact) mass is 336 g/mol. The Morgan fingerprint density at radius 3 is 2.75 bits per heavy atom. The number of amides is 1. The van der Waals surface area contributed by atoms with Crippen molar-refractivity contribution in [1.29, 1.82) is 0 Å². The second kappa shape index (κ2) is 5.59. The lowest BCUT2D eigenvalue weighted by atomic mass is 10.0. The minimum absolute atomic E-state index is 0.128. The average molecular weight is 337 g/mol. The van der Waals surface area contributed by atoms with Gasteiger partial charge >= 0.3 is 0 Å². The van der Waals surface area contributed by atoms with Crippen LogP contribution in [-0.4, -0.2) is 32.4 Å². The average Bonchev–Trinajstić information content (AvgIpc) is 2.75. The number of hydrogen-bond acceptors (Lipinski definition) is 5. The van der Waals surface area contributed by atoms with Gasteiger partial charge in [-0.1, -0.05) is 34.4 Å². The quantitative estimate of drug-likeness (QED) is 0.907. The maximum Gasteiger partial charge on any atom is 0.277 e. The Hall–Kier alpha value is -1.31.